The minimum atomic E-state index is -0.616. The van der Waals surface area contributed by atoms with Crippen LogP contribution in [0.4, 0.5) is 5.69 Å². The zero-order valence-corrected chi connectivity index (χ0v) is 14.4. The minimum Gasteiger partial charge on any atom is -0.469 e. The van der Waals surface area contributed by atoms with Crippen molar-refractivity contribution >= 4 is 34.9 Å². The number of likely N-dealkylation sites (N-methyl/N-ethyl adjacent to an activating group) is 1. The Kier molecular flexibility index (Phi) is 5.68. The number of thiocarbonyl (C=S) groups is 1. The molecule has 0 aliphatic carbocycles. The normalized spacial score (nSPS) is 18.0. The van der Waals surface area contributed by atoms with E-state index >= 15 is 0 Å². The van der Waals surface area contributed by atoms with Gasteiger partial charge in [-0.15, -0.1) is 0 Å². The van der Waals surface area contributed by atoms with Gasteiger partial charge in [-0.2, -0.15) is 0 Å². The van der Waals surface area contributed by atoms with Crippen molar-refractivity contribution in [1.29, 1.82) is 0 Å². The fourth-order valence-corrected chi connectivity index (χ4v) is 2.86. The molecule has 0 unspecified atom stereocenters. The van der Waals surface area contributed by atoms with Gasteiger partial charge < -0.3 is 14.5 Å². The highest BCUT2D eigenvalue weighted by Gasteiger charge is 2.44. The van der Waals surface area contributed by atoms with E-state index in [-0.39, 0.29) is 12.3 Å². The van der Waals surface area contributed by atoms with Crippen LogP contribution in [0, 0.1) is 0 Å². The lowest BCUT2D eigenvalue weighted by Crippen LogP contribution is -2.40. The Morgan fingerprint density at radius 3 is 2.52 bits per heavy atom. The molecule has 124 valence electrons. The molecule has 1 saturated heterocycles. The number of esters is 1. The molecule has 0 spiro atoms. The van der Waals surface area contributed by atoms with Crippen molar-refractivity contribution in [1.82, 2.24) is 9.80 Å². The van der Waals surface area contributed by atoms with E-state index in [2.05, 4.69) is 0 Å². The van der Waals surface area contributed by atoms with Gasteiger partial charge in [0.05, 0.1) is 19.2 Å². The molecule has 1 atom stereocenters. The lowest BCUT2D eigenvalue weighted by molar-refractivity contribution is -0.143. The summed E-state index contributed by atoms with van der Waals surface area (Å²) in [4.78, 5) is 29.8. The van der Waals surface area contributed by atoms with Crippen molar-refractivity contribution in [3.05, 3.63) is 30.3 Å². The molecule has 1 heterocycles. The van der Waals surface area contributed by atoms with Crippen LogP contribution in [0.2, 0.25) is 0 Å². The Morgan fingerprint density at radius 2 is 1.96 bits per heavy atom. The molecule has 0 saturated carbocycles. The highest BCUT2D eigenvalue weighted by atomic mass is 32.1. The molecule has 1 amide bonds. The van der Waals surface area contributed by atoms with E-state index in [1.807, 2.05) is 54.2 Å². The third-order valence-electron chi connectivity index (χ3n) is 3.71. The van der Waals surface area contributed by atoms with Crippen LogP contribution >= 0.6 is 12.2 Å². The highest BCUT2D eigenvalue weighted by molar-refractivity contribution is 7.80. The molecule has 2 rings (SSSR count). The number of anilines is 1. The number of benzene rings is 1. The van der Waals surface area contributed by atoms with E-state index in [0.717, 1.165) is 6.54 Å². The van der Waals surface area contributed by atoms with Crippen LogP contribution in [0.1, 0.15) is 6.42 Å². The summed E-state index contributed by atoms with van der Waals surface area (Å²) in [6.07, 6.45) is -0.00770. The van der Waals surface area contributed by atoms with Crippen molar-refractivity contribution in [2.45, 2.75) is 12.5 Å². The number of methoxy groups -OCH3 is 1. The fourth-order valence-electron chi connectivity index (χ4n) is 2.45. The van der Waals surface area contributed by atoms with Gasteiger partial charge in [-0.25, -0.2) is 0 Å². The molecule has 1 aliphatic rings. The smallest absolute Gasteiger partial charge is 0.308 e. The Bertz CT molecular complexity index is 591. The van der Waals surface area contributed by atoms with Crippen molar-refractivity contribution in [3.63, 3.8) is 0 Å². The van der Waals surface area contributed by atoms with Crippen LogP contribution in [0.15, 0.2) is 30.3 Å². The van der Waals surface area contributed by atoms with Crippen LogP contribution < -0.4 is 4.90 Å². The SMILES string of the molecule is COC(=O)C[C@H]1C(=O)N(c2ccccc2)C(=S)N1CCN(C)C. The van der Waals surface area contributed by atoms with Crippen LogP contribution in [0.5, 0.6) is 0 Å². The van der Waals surface area contributed by atoms with Gasteiger partial charge in [-0.05, 0) is 38.4 Å². The van der Waals surface area contributed by atoms with Crippen molar-refractivity contribution < 1.29 is 14.3 Å². The topological polar surface area (TPSA) is 53.1 Å². The molecule has 1 fully saturated rings. The maximum Gasteiger partial charge on any atom is 0.308 e. The molecule has 0 bridgehead atoms. The van der Waals surface area contributed by atoms with E-state index in [0.29, 0.717) is 17.3 Å². The summed E-state index contributed by atoms with van der Waals surface area (Å²) in [6, 6.07) is 8.62. The van der Waals surface area contributed by atoms with Crippen LogP contribution in [-0.4, -0.2) is 67.1 Å². The summed E-state index contributed by atoms with van der Waals surface area (Å²) in [5, 5.41) is 0.428. The van der Waals surface area contributed by atoms with Crippen LogP contribution in [0.25, 0.3) is 0 Å². The van der Waals surface area contributed by atoms with E-state index in [1.54, 1.807) is 0 Å². The molecule has 7 heteroatoms. The highest BCUT2D eigenvalue weighted by Crippen LogP contribution is 2.26. The van der Waals surface area contributed by atoms with E-state index < -0.39 is 12.0 Å². The average molecular weight is 335 g/mol. The zero-order chi connectivity index (χ0) is 17.0. The molecule has 0 N–H and O–H groups in total. The van der Waals surface area contributed by atoms with Gasteiger partial charge in [0.15, 0.2) is 5.11 Å². The number of rotatable bonds is 6. The third kappa shape index (κ3) is 3.86. The number of hydrogen-bond acceptors (Lipinski definition) is 5. The lowest BCUT2D eigenvalue weighted by atomic mass is 10.2. The first-order valence-corrected chi connectivity index (χ1v) is 7.77. The number of para-hydroxylation sites is 1. The molecule has 1 aromatic carbocycles. The van der Waals surface area contributed by atoms with Gasteiger partial charge in [0.1, 0.15) is 6.04 Å². The number of carbonyl (C=O) groups is 2. The molecular weight excluding hydrogens is 314 g/mol. The maximum atomic E-state index is 12.8. The van der Waals surface area contributed by atoms with E-state index in [9.17, 15) is 9.59 Å². The van der Waals surface area contributed by atoms with Gasteiger partial charge in [0.25, 0.3) is 5.91 Å². The molecular formula is C16H21N3O3S. The Morgan fingerprint density at radius 1 is 1.30 bits per heavy atom. The van der Waals surface area contributed by atoms with Gasteiger partial charge in [-0.1, -0.05) is 18.2 Å². The summed E-state index contributed by atoms with van der Waals surface area (Å²) in [5.74, 6) is -0.610. The Balaban J connectivity index is 2.28. The first-order valence-electron chi connectivity index (χ1n) is 7.37. The predicted molar refractivity (Wildman–Crippen MR) is 92.2 cm³/mol. The number of amides is 1. The molecule has 0 radical (unpaired) electrons. The van der Waals surface area contributed by atoms with Gasteiger partial charge in [-0.3, -0.25) is 14.5 Å². The van der Waals surface area contributed by atoms with Gasteiger partial charge in [0.2, 0.25) is 0 Å². The third-order valence-corrected chi connectivity index (χ3v) is 4.13. The number of nitrogens with zero attached hydrogens (tertiary/aromatic N) is 3. The number of hydrogen-bond donors (Lipinski definition) is 0. The van der Waals surface area contributed by atoms with Crippen molar-refractivity contribution in [3.8, 4) is 0 Å². The summed E-state index contributed by atoms with van der Waals surface area (Å²) < 4.78 is 4.72. The number of carbonyl (C=O) groups excluding carboxylic acids is 2. The number of ether oxygens (including phenoxy) is 1. The van der Waals surface area contributed by atoms with Gasteiger partial charge >= 0.3 is 5.97 Å². The molecule has 1 aromatic rings. The average Bonchev–Trinajstić information content (AvgIpc) is 2.76. The lowest BCUT2D eigenvalue weighted by Gasteiger charge is -2.25. The van der Waals surface area contributed by atoms with E-state index in [1.165, 1.54) is 12.0 Å². The second-order valence-electron chi connectivity index (χ2n) is 5.58. The quantitative estimate of drug-likeness (QED) is 0.573. The molecule has 6 nitrogen and oxygen atoms in total. The van der Waals surface area contributed by atoms with Crippen LogP contribution in [-0.2, 0) is 14.3 Å². The van der Waals surface area contributed by atoms with E-state index in [4.69, 9.17) is 17.0 Å². The fraction of sp³-hybridized carbons (Fsp3) is 0.438. The zero-order valence-electron chi connectivity index (χ0n) is 13.6. The van der Waals surface area contributed by atoms with Crippen LogP contribution in [0.3, 0.4) is 0 Å². The first kappa shape index (κ1) is 17.4. The summed E-state index contributed by atoms with van der Waals surface area (Å²) in [7, 11) is 5.22. The standard InChI is InChI=1S/C16H21N3O3S/c1-17(2)9-10-18-13(11-14(20)22-3)15(21)19(16(18)23)12-7-5-4-6-8-12/h4-8,13H,9-11H2,1-3H3/t13-/m0/s1. The first-order chi connectivity index (χ1) is 11.0. The second-order valence-corrected chi connectivity index (χ2v) is 5.95. The minimum absolute atomic E-state index is 0.00770. The Labute approximate surface area is 141 Å². The molecule has 23 heavy (non-hydrogen) atoms. The summed E-state index contributed by atoms with van der Waals surface area (Å²) >= 11 is 5.50. The molecule has 0 aromatic heterocycles. The maximum absolute atomic E-state index is 12.8. The van der Waals surface area contributed by atoms with Crippen molar-refractivity contribution in [2.24, 2.45) is 0 Å². The predicted octanol–water partition coefficient (Wildman–Crippen LogP) is 1.11. The molecule has 1 aliphatic heterocycles. The monoisotopic (exact) mass is 335 g/mol. The Hall–Kier alpha value is -1.99. The summed E-state index contributed by atoms with van der Waals surface area (Å²) in [6.45, 7) is 1.30. The largest absolute Gasteiger partial charge is 0.469 e. The second kappa shape index (κ2) is 7.52. The van der Waals surface area contributed by atoms with Gasteiger partial charge in [0, 0.05) is 13.1 Å². The summed E-state index contributed by atoms with van der Waals surface area (Å²) in [5.41, 5.74) is 0.713. The van der Waals surface area contributed by atoms with Crippen molar-refractivity contribution in [2.75, 3.05) is 39.2 Å².